The Morgan fingerprint density at radius 2 is 2.39 bits per heavy atom. The summed E-state index contributed by atoms with van der Waals surface area (Å²) >= 11 is 0. The van der Waals surface area contributed by atoms with E-state index in [0.717, 1.165) is 51.6 Å². The molecule has 2 rings (SSSR count). The second-order valence-corrected chi connectivity index (χ2v) is 5.13. The molecule has 1 saturated carbocycles. The maximum atomic E-state index is 5.60. The molecule has 0 atom stereocenters. The fourth-order valence-electron chi connectivity index (χ4n) is 1.99. The van der Waals surface area contributed by atoms with Gasteiger partial charge in [0.15, 0.2) is 0 Å². The summed E-state index contributed by atoms with van der Waals surface area (Å²) in [6.07, 6.45) is 8.86. The summed E-state index contributed by atoms with van der Waals surface area (Å²) in [4.78, 5) is 4.19. The minimum absolute atomic E-state index is 0.876. The molecule has 0 spiro atoms. The maximum absolute atomic E-state index is 5.60. The minimum Gasteiger partial charge on any atom is -0.381 e. The first kappa shape index (κ1) is 13.6. The SMILES string of the molecule is CCCn1cncc1CNCCCOCC1CC1. The van der Waals surface area contributed by atoms with Gasteiger partial charge in [-0.2, -0.15) is 0 Å². The van der Waals surface area contributed by atoms with Crippen molar-refractivity contribution in [3.8, 4) is 0 Å². The van der Waals surface area contributed by atoms with Crippen molar-refractivity contribution in [3.63, 3.8) is 0 Å². The molecule has 4 heteroatoms. The Bertz CT molecular complexity index is 334. The third kappa shape index (κ3) is 4.78. The molecule has 1 aromatic heterocycles. The molecule has 0 unspecified atom stereocenters. The summed E-state index contributed by atoms with van der Waals surface area (Å²) in [5.74, 6) is 0.876. The molecule has 1 aromatic rings. The molecular formula is C14H25N3O. The molecule has 1 N–H and O–H groups in total. The van der Waals surface area contributed by atoms with Crippen molar-refractivity contribution in [1.29, 1.82) is 0 Å². The highest BCUT2D eigenvalue weighted by atomic mass is 16.5. The van der Waals surface area contributed by atoms with Gasteiger partial charge in [-0.05, 0) is 38.1 Å². The lowest BCUT2D eigenvalue weighted by Crippen LogP contribution is -2.18. The Morgan fingerprint density at radius 3 is 3.17 bits per heavy atom. The Hall–Kier alpha value is -0.870. The second-order valence-electron chi connectivity index (χ2n) is 5.13. The molecule has 1 heterocycles. The van der Waals surface area contributed by atoms with Crippen LogP contribution >= 0.6 is 0 Å². The normalized spacial score (nSPS) is 15.2. The zero-order chi connectivity index (χ0) is 12.6. The van der Waals surface area contributed by atoms with E-state index in [4.69, 9.17) is 4.74 Å². The molecule has 1 aliphatic carbocycles. The number of nitrogens with zero attached hydrogens (tertiary/aromatic N) is 2. The van der Waals surface area contributed by atoms with Crippen LogP contribution in [0.1, 0.15) is 38.3 Å². The van der Waals surface area contributed by atoms with E-state index in [9.17, 15) is 0 Å². The quantitative estimate of drug-likeness (QED) is 0.648. The average Bonchev–Trinajstić information content (AvgIpc) is 3.09. The van der Waals surface area contributed by atoms with Gasteiger partial charge in [-0.25, -0.2) is 4.98 Å². The summed E-state index contributed by atoms with van der Waals surface area (Å²) in [7, 11) is 0. The van der Waals surface area contributed by atoms with E-state index < -0.39 is 0 Å². The highest BCUT2D eigenvalue weighted by molar-refractivity contribution is 4.97. The van der Waals surface area contributed by atoms with E-state index in [1.807, 2.05) is 12.5 Å². The van der Waals surface area contributed by atoms with Crippen molar-refractivity contribution in [2.75, 3.05) is 19.8 Å². The Balaban J connectivity index is 1.49. The van der Waals surface area contributed by atoms with E-state index in [0.29, 0.717) is 0 Å². The topological polar surface area (TPSA) is 39.1 Å². The van der Waals surface area contributed by atoms with Crippen molar-refractivity contribution in [2.45, 2.75) is 45.7 Å². The summed E-state index contributed by atoms with van der Waals surface area (Å²) in [6.45, 7) is 7.03. The highest BCUT2D eigenvalue weighted by Gasteiger charge is 2.20. The summed E-state index contributed by atoms with van der Waals surface area (Å²) in [5.41, 5.74) is 1.27. The smallest absolute Gasteiger partial charge is 0.0948 e. The average molecular weight is 251 g/mol. The Morgan fingerprint density at radius 1 is 1.50 bits per heavy atom. The van der Waals surface area contributed by atoms with Gasteiger partial charge in [0, 0.05) is 32.5 Å². The van der Waals surface area contributed by atoms with Crippen molar-refractivity contribution in [1.82, 2.24) is 14.9 Å². The number of rotatable bonds is 10. The van der Waals surface area contributed by atoms with Gasteiger partial charge in [0.2, 0.25) is 0 Å². The number of nitrogens with one attached hydrogen (secondary N) is 1. The van der Waals surface area contributed by atoms with Gasteiger partial charge in [-0.15, -0.1) is 0 Å². The highest BCUT2D eigenvalue weighted by Crippen LogP contribution is 2.28. The predicted molar refractivity (Wildman–Crippen MR) is 72.4 cm³/mol. The lowest BCUT2D eigenvalue weighted by atomic mass is 10.4. The van der Waals surface area contributed by atoms with Gasteiger partial charge in [0.05, 0.1) is 12.0 Å². The van der Waals surface area contributed by atoms with Crippen LogP contribution < -0.4 is 5.32 Å². The first-order chi connectivity index (χ1) is 8.90. The molecule has 18 heavy (non-hydrogen) atoms. The second kappa shape index (κ2) is 7.54. The molecule has 0 aliphatic heterocycles. The van der Waals surface area contributed by atoms with Crippen LogP contribution in [0.25, 0.3) is 0 Å². The van der Waals surface area contributed by atoms with E-state index in [2.05, 4.69) is 21.8 Å². The van der Waals surface area contributed by atoms with E-state index in [1.54, 1.807) is 0 Å². The molecule has 102 valence electrons. The molecule has 1 fully saturated rings. The third-order valence-corrected chi connectivity index (χ3v) is 3.26. The van der Waals surface area contributed by atoms with Gasteiger partial charge in [-0.1, -0.05) is 6.92 Å². The van der Waals surface area contributed by atoms with Crippen LogP contribution in [0, 0.1) is 5.92 Å². The van der Waals surface area contributed by atoms with Gasteiger partial charge in [0.25, 0.3) is 0 Å². The third-order valence-electron chi connectivity index (χ3n) is 3.26. The number of aryl methyl sites for hydroxylation is 1. The monoisotopic (exact) mass is 251 g/mol. The predicted octanol–water partition coefficient (Wildman–Crippen LogP) is 2.20. The van der Waals surface area contributed by atoms with Crippen LogP contribution in [0.5, 0.6) is 0 Å². The van der Waals surface area contributed by atoms with Crippen LogP contribution in [-0.4, -0.2) is 29.3 Å². The largest absolute Gasteiger partial charge is 0.381 e. The summed E-state index contributed by atoms with van der Waals surface area (Å²) in [5, 5.41) is 3.45. The molecule has 1 aliphatic rings. The molecule has 0 amide bonds. The first-order valence-corrected chi connectivity index (χ1v) is 7.17. The lowest BCUT2D eigenvalue weighted by Gasteiger charge is -2.08. The molecule has 0 aromatic carbocycles. The molecule has 0 radical (unpaired) electrons. The zero-order valence-electron chi connectivity index (χ0n) is 11.4. The van der Waals surface area contributed by atoms with E-state index in [1.165, 1.54) is 18.5 Å². The van der Waals surface area contributed by atoms with Gasteiger partial charge in [-0.3, -0.25) is 0 Å². The standard InChI is InChI=1S/C14H25N3O/c1-2-7-17-12-16-10-14(17)9-15-6-3-8-18-11-13-4-5-13/h10,12-13,15H,2-9,11H2,1H3. The van der Waals surface area contributed by atoms with E-state index in [-0.39, 0.29) is 0 Å². The van der Waals surface area contributed by atoms with Crippen molar-refractivity contribution >= 4 is 0 Å². The molecule has 0 bridgehead atoms. The number of hydrogen-bond donors (Lipinski definition) is 1. The van der Waals surface area contributed by atoms with Crippen LogP contribution in [0.15, 0.2) is 12.5 Å². The summed E-state index contributed by atoms with van der Waals surface area (Å²) < 4.78 is 7.82. The number of aromatic nitrogens is 2. The minimum atomic E-state index is 0.876. The Kier molecular flexibility index (Phi) is 5.68. The number of imidazole rings is 1. The number of hydrogen-bond acceptors (Lipinski definition) is 3. The van der Waals surface area contributed by atoms with Crippen molar-refractivity contribution < 1.29 is 4.74 Å². The Labute approximate surface area is 110 Å². The van der Waals surface area contributed by atoms with Gasteiger partial charge in [0.1, 0.15) is 0 Å². The number of ether oxygens (including phenoxy) is 1. The van der Waals surface area contributed by atoms with Crippen molar-refractivity contribution in [2.24, 2.45) is 5.92 Å². The fraction of sp³-hybridized carbons (Fsp3) is 0.786. The van der Waals surface area contributed by atoms with Crippen LogP contribution in [0.3, 0.4) is 0 Å². The van der Waals surface area contributed by atoms with E-state index >= 15 is 0 Å². The zero-order valence-corrected chi connectivity index (χ0v) is 11.4. The molecule has 0 saturated heterocycles. The molecular weight excluding hydrogens is 226 g/mol. The maximum Gasteiger partial charge on any atom is 0.0948 e. The van der Waals surface area contributed by atoms with Gasteiger partial charge >= 0.3 is 0 Å². The van der Waals surface area contributed by atoms with Crippen LogP contribution in [0.4, 0.5) is 0 Å². The van der Waals surface area contributed by atoms with Crippen LogP contribution in [-0.2, 0) is 17.8 Å². The van der Waals surface area contributed by atoms with Crippen LogP contribution in [0.2, 0.25) is 0 Å². The summed E-state index contributed by atoms with van der Waals surface area (Å²) in [6, 6.07) is 0. The fourth-order valence-corrected chi connectivity index (χ4v) is 1.99. The first-order valence-electron chi connectivity index (χ1n) is 7.17. The lowest BCUT2D eigenvalue weighted by molar-refractivity contribution is 0.122. The van der Waals surface area contributed by atoms with Crippen molar-refractivity contribution in [3.05, 3.63) is 18.2 Å². The van der Waals surface area contributed by atoms with Gasteiger partial charge < -0.3 is 14.6 Å². The molecule has 4 nitrogen and oxygen atoms in total.